The van der Waals surface area contributed by atoms with Crippen LogP contribution in [-0.4, -0.2) is 17.1 Å². The van der Waals surface area contributed by atoms with Crippen LogP contribution in [0.3, 0.4) is 0 Å². The van der Waals surface area contributed by atoms with Gasteiger partial charge >= 0.3 is 5.97 Å². The molecule has 0 saturated carbocycles. The molecule has 3 nitrogen and oxygen atoms in total. The van der Waals surface area contributed by atoms with Gasteiger partial charge in [-0.05, 0) is 23.6 Å². The average molecular weight is 293 g/mol. The van der Waals surface area contributed by atoms with Crippen LogP contribution in [0.2, 0.25) is 0 Å². The molecule has 15 heavy (non-hydrogen) atoms. The maximum absolute atomic E-state index is 10.8. The van der Waals surface area contributed by atoms with Gasteiger partial charge in [0.05, 0.1) is 0 Å². The van der Waals surface area contributed by atoms with Gasteiger partial charge in [0.25, 0.3) is 0 Å². The molecular formula is C10H11BrClNO2. The summed E-state index contributed by atoms with van der Waals surface area (Å²) in [5.74, 6) is -0.786. The van der Waals surface area contributed by atoms with Crippen LogP contribution >= 0.6 is 28.3 Å². The zero-order valence-corrected chi connectivity index (χ0v) is 10.3. The molecule has 1 aromatic carbocycles. The maximum Gasteiger partial charge on any atom is 0.321 e. The molecule has 0 aliphatic carbocycles. The minimum absolute atomic E-state index is 0. The van der Waals surface area contributed by atoms with Crippen molar-refractivity contribution in [3.8, 4) is 0 Å². The molecule has 1 atom stereocenters. The topological polar surface area (TPSA) is 49.3 Å². The molecule has 0 fully saturated rings. The lowest BCUT2D eigenvalue weighted by molar-refractivity contribution is -0.139. The highest BCUT2D eigenvalue weighted by atomic mass is 79.9. The Kier molecular flexibility index (Phi) is 4.13. The van der Waals surface area contributed by atoms with Crippen molar-refractivity contribution in [1.29, 1.82) is 0 Å². The predicted octanol–water partition coefficient (Wildman–Crippen LogP) is 1.97. The lowest BCUT2D eigenvalue weighted by Crippen LogP contribution is -2.41. The first-order valence-electron chi connectivity index (χ1n) is 4.41. The third-order valence-corrected chi connectivity index (χ3v) is 3.20. The third kappa shape index (κ3) is 2.51. The Morgan fingerprint density at radius 1 is 1.53 bits per heavy atom. The highest BCUT2D eigenvalue weighted by Gasteiger charge is 2.24. The summed E-state index contributed by atoms with van der Waals surface area (Å²) in [7, 11) is 0. The minimum Gasteiger partial charge on any atom is -0.480 e. The van der Waals surface area contributed by atoms with E-state index in [1.807, 2.05) is 18.2 Å². The molecule has 1 aliphatic rings. The lowest BCUT2D eigenvalue weighted by Gasteiger charge is -2.23. The van der Waals surface area contributed by atoms with Crippen molar-refractivity contribution in [3.05, 3.63) is 33.8 Å². The first-order valence-corrected chi connectivity index (χ1v) is 5.20. The van der Waals surface area contributed by atoms with Crippen LogP contribution < -0.4 is 5.32 Å². The number of aliphatic carboxylic acids is 1. The molecule has 5 heteroatoms. The standard InChI is InChI=1S/C10H10BrNO2.ClH/c11-8-3-1-2-6-5-12-9(10(13)14)4-7(6)8;/h1-3,9,12H,4-5H2,(H,13,14);1H/t9-;/m1./s1. The third-order valence-electron chi connectivity index (χ3n) is 2.46. The molecule has 2 N–H and O–H groups in total. The number of halogens is 2. The summed E-state index contributed by atoms with van der Waals surface area (Å²) in [6.07, 6.45) is 0.548. The van der Waals surface area contributed by atoms with Crippen LogP contribution in [0.1, 0.15) is 11.1 Å². The molecule has 1 aromatic rings. The van der Waals surface area contributed by atoms with E-state index in [1.54, 1.807) is 0 Å². The first kappa shape index (κ1) is 12.5. The molecule has 1 heterocycles. The van der Waals surface area contributed by atoms with Crippen LogP contribution in [0, 0.1) is 0 Å². The van der Waals surface area contributed by atoms with E-state index in [2.05, 4.69) is 21.2 Å². The van der Waals surface area contributed by atoms with Crippen LogP contribution in [0.15, 0.2) is 22.7 Å². The van der Waals surface area contributed by atoms with E-state index in [9.17, 15) is 4.79 Å². The van der Waals surface area contributed by atoms with Crippen molar-refractivity contribution in [3.63, 3.8) is 0 Å². The number of carboxylic acids is 1. The predicted molar refractivity (Wildman–Crippen MR) is 63.4 cm³/mol. The molecule has 0 saturated heterocycles. The minimum atomic E-state index is -0.786. The zero-order valence-electron chi connectivity index (χ0n) is 7.87. The number of nitrogens with one attached hydrogen (secondary N) is 1. The van der Waals surface area contributed by atoms with Gasteiger partial charge in [-0.25, -0.2) is 0 Å². The van der Waals surface area contributed by atoms with Gasteiger partial charge in [0.15, 0.2) is 0 Å². The van der Waals surface area contributed by atoms with E-state index in [-0.39, 0.29) is 12.4 Å². The first-order chi connectivity index (χ1) is 6.68. The van der Waals surface area contributed by atoms with Gasteiger partial charge < -0.3 is 10.4 Å². The number of carboxylic acid groups (broad SMARTS) is 1. The number of fused-ring (bicyclic) bond motifs is 1. The normalized spacial score (nSPS) is 18.9. The van der Waals surface area contributed by atoms with E-state index >= 15 is 0 Å². The number of rotatable bonds is 1. The lowest BCUT2D eigenvalue weighted by atomic mass is 9.96. The smallest absolute Gasteiger partial charge is 0.321 e. The van der Waals surface area contributed by atoms with Gasteiger partial charge in [0.2, 0.25) is 0 Å². The van der Waals surface area contributed by atoms with Crippen molar-refractivity contribution < 1.29 is 9.90 Å². The molecule has 82 valence electrons. The summed E-state index contributed by atoms with van der Waals surface area (Å²) >= 11 is 3.44. The SMILES string of the molecule is Cl.O=C(O)[C@H]1Cc2c(Br)cccc2CN1. The highest BCUT2D eigenvalue weighted by Crippen LogP contribution is 2.25. The summed E-state index contributed by atoms with van der Waals surface area (Å²) in [5.41, 5.74) is 2.29. The molecular weight excluding hydrogens is 281 g/mol. The van der Waals surface area contributed by atoms with Crippen molar-refractivity contribution in [2.24, 2.45) is 0 Å². The van der Waals surface area contributed by atoms with E-state index in [0.717, 1.165) is 10.0 Å². The maximum atomic E-state index is 10.8. The molecule has 0 aromatic heterocycles. The summed E-state index contributed by atoms with van der Waals surface area (Å²) in [6.45, 7) is 0.631. The number of hydrogen-bond acceptors (Lipinski definition) is 2. The Balaban J connectivity index is 0.00000112. The molecule has 0 unspecified atom stereocenters. The second kappa shape index (κ2) is 4.96. The fourth-order valence-corrected chi connectivity index (χ4v) is 2.25. The monoisotopic (exact) mass is 291 g/mol. The Morgan fingerprint density at radius 2 is 2.27 bits per heavy atom. The Labute approximate surface area is 102 Å². The number of carbonyl (C=O) groups is 1. The molecule has 1 aliphatic heterocycles. The van der Waals surface area contributed by atoms with Gasteiger partial charge in [-0.15, -0.1) is 12.4 Å². The van der Waals surface area contributed by atoms with E-state index in [0.29, 0.717) is 13.0 Å². The second-order valence-corrected chi connectivity index (χ2v) is 4.21. The van der Waals surface area contributed by atoms with Gasteiger partial charge in [0, 0.05) is 11.0 Å². The van der Waals surface area contributed by atoms with Crippen molar-refractivity contribution in [1.82, 2.24) is 5.32 Å². The van der Waals surface area contributed by atoms with Gasteiger partial charge in [0.1, 0.15) is 6.04 Å². The molecule has 2 rings (SSSR count). The summed E-state index contributed by atoms with van der Waals surface area (Å²) in [5, 5.41) is 11.9. The van der Waals surface area contributed by atoms with Crippen LogP contribution in [0.4, 0.5) is 0 Å². The van der Waals surface area contributed by atoms with Crippen molar-refractivity contribution >= 4 is 34.3 Å². The van der Waals surface area contributed by atoms with Crippen molar-refractivity contribution in [2.75, 3.05) is 0 Å². The van der Waals surface area contributed by atoms with Crippen LogP contribution in [-0.2, 0) is 17.8 Å². The van der Waals surface area contributed by atoms with Crippen molar-refractivity contribution in [2.45, 2.75) is 19.0 Å². The fraction of sp³-hybridized carbons (Fsp3) is 0.300. The molecule has 0 bridgehead atoms. The largest absolute Gasteiger partial charge is 0.480 e. The zero-order chi connectivity index (χ0) is 10.1. The Bertz CT molecular complexity index is 384. The summed E-state index contributed by atoms with van der Waals surface area (Å²) < 4.78 is 1.00. The summed E-state index contributed by atoms with van der Waals surface area (Å²) in [4.78, 5) is 10.8. The van der Waals surface area contributed by atoms with Crippen LogP contribution in [0.5, 0.6) is 0 Å². The van der Waals surface area contributed by atoms with E-state index < -0.39 is 12.0 Å². The summed E-state index contributed by atoms with van der Waals surface area (Å²) in [6, 6.07) is 5.47. The Morgan fingerprint density at radius 3 is 2.93 bits per heavy atom. The Hall–Kier alpha value is -0.580. The molecule has 0 amide bonds. The van der Waals surface area contributed by atoms with Gasteiger partial charge in [-0.1, -0.05) is 28.1 Å². The van der Waals surface area contributed by atoms with E-state index in [1.165, 1.54) is 5.56 Å². The average Bonchev–Trinajstić information content (AvgIpc) is 2.18. The second-order valence-electron chi connectivity index (χ2n) is 3.35. The van der Waals surface area contributed by atoms with E-state index in [4.69, 9.17) is 5.11 Å². The van der Waals surface area contributed by atoms with Gasteiger partial charge in [-0.3, -0.25) is 4.79 Å². The molecule has 0 spiro atoms. The fourth-order valence-electron chi connectivity index (χ4n) is 1.68. The molecule has 0 radical (unpaired) electrons. The quantitative estimate of drug-likeness (QED) is 0.832. The van der Waals surface area contributed by atoms with Gasteiger partial charge in [-0.2, -0.15) is 0 Å². The highest BCUT2D eigenvalue weighted by molar-refractivity contribution is 9.10. The number of hydrogen-bond donors (Lipinski definition) is 2. The number of benzene rings is 1. The van der Waals surface area contributed by atoms with Crippen LogP contribution in [0.25, 0.3) is 0 Å².